The van der Waals surface area contributed by atoms with Crippen LogP contribution in [0.1, 0.15) is 6.42 Å². The van der Waals surface area contributed by atoms with Gasteiger partial charge in [-0.25, -0.2) is 8.42 Å². The monoisotopic (exact) mass is 538 g/mol. The zero-order valence-electron chi connectivity index (χ0n) is 18.6. The average molecular weight is 540 g/mol. The molecule has 34 heavy (non-hydrogen) atoms. The maximum atomic E-state index is 13.1. The second kappa shape index (κ2) is 10.7. The van der Waals surface area contributed by atoms with Gasteiger partial charge in [-0.15, -0.1) is 0 Å². The number of hydrogen-bond donors (Lipinski definition) is 1. The molecule has 0 bridgehead atoms. The van der Waals surface area contributed by atoms with Crippen LogP contribution in [-0.2, 0) is 10.0 Å². The Morgan fingerprint density at radius 3 is 2.53 bits per heavy atom. The molecule has 1 aliphatic heterocycles. The number of anilines is 1. The summed E-state index contributed by atoms with van der Waals surface area (Å²) in [4.78, 5) is 3.91. The standard InChI is InChI=1S/C24H24Cl2N2O4S2/c1-28-11-10-18(15-28)32-23-12-16(6-8-21(23)25)27-34(29,30)24-9-7-20(14-22(24)26)33-19-5-3-4-17(13-19)31-2/h3-9,12-14,18,27H,10-11,15H2,1-2H3/t18-/m1/s1. The van der Waals surface area contributed by atoms with Gasteiger partial charge in [-0.3, -0.25) is 4.72 Å². The highest BCUT2D eigenvalue weighted by Crippen LogP contribution is 2.35. The van der Waals surface area contributed by atoms with E-state index in [2.05, 4.69) is 9.62 Å². The molecule has 3 aromatic rings. The topological polar surface area (TPSA) is 67.9 Å². The molecule has 180 valence electrons. The van der Waals surface area contributed by atoms with Crippen LogP contribution in [0.5, 0.6) is 11.5 Å². The van der Waals surface area contributed by atoms with Gasteiger partial charge in [0.25, 0.3) is 10.0 Å². The minimum absolute atomic E-state index is 0.0124. The number of methoxy groups -OCH3 is 1. The van der Waals surface area contributed by atoms with Crippen molar-refractivity contribution in [3.63, 3.8) is 0 Å². The third-order valence-corrected chi connectivity index (χ3v) is 8.45. The van der Waals surface area contributed by atoms with E-state index in [1.165, 1.54) is 17.8 Å². The van der Waals surface area contributed by atoms with Crippen LogP contribution in [0.15, 0.2) is 75.4 Å². The number of halogens is 2. The van der Waals surface area contributed by atoms with E-state index in [1.54, 1.807) is 37.4 Å². The summed E-state index contributed by atoms with van der Waals surface area (Å²) in [5, 5.41) is 0.550. The molecule has 0 saturated carbocycles. The molecule has 6 nitrogen and oxygen atoms in total. The number of likely N-dealkylation sites (N-methyl/N-ethyl adjacent to an activating group) is 1. The van der Waals surface area contributed by atoms with Gasteiger partial charge in [0.2, 0.25) is 0 Å². The number of ether oxygens (including phenoxy) is 2. The van der Waals surface area contributed by atoms with E-state index in [4.69, 9.17) is 32.7 Å². The van der Waals surface area contributed by atoms with Gasteiger partial charge in [0.15, 0.2) is 0 Å². The lowest BCUT2D eigenvalue weighted by Gasteiger charge is -2.16. The number of nitrogens with zero attached hydrogens (tertiary/aromatic N) is 1. The minimum Gasteiger partial charge on any atom is -0.497 e. The van der Waals surface area contributed by atoms with Gasteiger partial charge in [0.1, 0.15) is 22.5 Å². The number of hydrogen-bond acceptors (Lipinski definition) is 6. The second-order valence-electron chi connectivity index (χ2n) is 7.91. The molecule has 4 rings (SSSR count). The van der Waals surface area contributed by atoms with E-state index in [1.807, 2.05) is 31.3 Å². The first-order valence-electron chi connectivity index (χ1n) is 10.5. The third-order valence-electron chi connectivity index (χ3n) is 5.29. The lowest BCUT2D eigenvalue weighted by atomic mass is 10.3. The summed E-state index contributed by atoms with van der Waals surface area (Å²) in [7, 11) is -0.293. The first kappa shape index (κ1) is 25.0. The molecule has 0 amide bonds. The van der Waals surface area contributed by atoms with Gasteiger partial charge in [-0.2, -0.15) is 0 Å². The van der Waals surface area contributed by atoms with E-state index in [0.29, 0.717) is 16.5 Å². The highest BCUT2D eigenvalue weighted by atomic mass is 35.5. The summed E-state index contributed by atoms with van der Waals surface area (Å²) in [5.74, 6) is 1.18. The molecule has 10 heteroatoms. The van der Waals surface area contributed by atoms with Crippen molar-refractivity contribution in [2.75, 3.05) is 32.0 Å². The largest absolute Gasteiger partial charge is 0.497 e. The molecular formula is C24H24Cl2N2O4S2. The van der Waals surface area contributed by atoms with E-state index in [0.717, 1.165) is 35.1 Å². The number of sulfonamides is 1. The molecule has 0 spiro atoms. The molecule has 0 unspecified atom stereocenters. The van der Waals surface area contributed by atoms with Crippen LogP contribution in [0.2, 0.25) is 10.0 Å². The highest BCUT2D eigenvalue weighted by molar-refractivity contribution is 7.99. The summed E-state index contributed by atoms with van der Waals surface area (Å²) < 4.78 is 39.9. The summed E-state index contributed by atoms with van der Waals surface area (Å²) in [5.41, 5.74) is 0.344. The molecule has 1 fully saturated rings. The quantitative estimate of drug-likeness (QED) is 0.377. The van der Waals surface area contributed by atoms with E-state index >= 15 is 0 Å². The number of benzene rings is 3. The van der Waals surface area contributed by atoms with Gasteiger partial charge >= 0.3 is 0 Å². The van der Waals surface area contributed by atoms with Crippen molar-refractivity contribution < 1.29 is 17.9 Å². The summed E-state index contributed by atoms with van der Waals surface area (Å²) in [6, 6.07) is 17.2. The van der Waals surface area contributed by atoms with Crippen molar-refractivity contribution in [3.8, 4) is 11.5 Å². The Hall–Kier alpha value is -2.10. The fraction of sp³-hybridized carbons (Fsp3) is 0.250. The molecule has 1 heterocycles. The predicted molar refractivity (Wildman–Crippen MR) is 137 cm³/mol. The van der Waals surface area contributed by atoms with Crippen LogP contribution in [-0.4, -0.2) is 46.7 Å². The molecule has 0 aliphatic carbocycles. The third kappa shape index (κ3) is 6.12. The molecule has 3 aromatic carbocycles. The average Bonchev–Trinajstić information content (AvgIpc) is 3.20. The number of likely N-dealkylation sites (tertiary alicyclic amines) is 1. The fourth-order valence-corrected chi connectivity index (χ4v) is 6.33. The van der Waals surface area contributed by atoms with Gasteiger partial charge in [-0.05, 0) is 62.0 Å². The molecule has 0 aromatic heterocycles. The van der Waals surface area contributed by atoms with Crippen molar-refractivity contribution in [2.45, 2.75) is 27.2 Å². The van der Waals surface area contributed by atoms with Crippen molar-refractivity contribution in [1.29, 1.82) is 0 Å². The fourth-order valence-electron chi connectivity index (χ4n) is 3.60. The van der Waals surface area contributed by atoms with Gasteiger partial charge in [-0.1, -0.05) is 41.0 Å². The molecule has 0 radical (unpaired) electrons. The number of nitrogens with one attached hydrogen (secondary N) is 1. The van der Waals surface area contributed by atoms with Crippen molar-refractivity contribution in [1.82, 2.24) is 4.90 Å². The lowest BCUT2D eigenvalue weighted by Crippen LogP contribution is -2.21. The van der Waals surface area contributed by atoms with Gasteiger partial charge in [0, 0.05) is 28.9 Å². The molecule has 1 aliphatic rings. The van der Waals surface area contributed by atoms with Crippen LogP contribution in [0.4, 0.5) is 5.69 Å². The Morgan fingerprint density at radius 2 is 1.82 bits per heavy atom. The smallest absolute Gasteiger partial charge is 0.263 e. The normalized spacial score (nSPS) is 16.4. The Morgan fingerprint density at radius 1 is 1.03 bits per heavy atom. The van der Waals surface area contributed by atoms with E-state index in [9.17, 15) is 8.42 Å². The van der Waals surface area contributed by atoms with E-state index < -0.39 is 10.0 Å². The maximum Gasteiger partial charge on any atom is 0.263 e. The van der Waals surface area contributed by atoms with Crippen molar-refractivity contribution in [2.24, 2.45) is 0 Å². The van der Waals surface area contributed by atoms with Crippen molar-refractivity contribution in [3.05, 3.63) is 70.7 Å². The zero-order chi connectivity index (χ0) is 24.3. The zero-order valence-corrected chi connectivity index (χ0v) is 21.8. The maximum absolute atomic E-state index is 13.1. The van der Waals surface area contributed by atoms with Crippen LogP contribution in [0, 0.1) is 0 Å². The Labute approximate surface area is 214 Å². The number of rotatable bonds is 8. The summed E-state index contributed by atoms with van der Waals surface area (Å²) >= 11 is 14.1. The lowest BCUT2D eigenvalue weighted by molar-refractivity contribution is 0.208. The SMILES string of the molecule is COc1cccc(Sc2ccc(S(=O)(=O)Nc3ccc(Cl)c(O[C@@H]4CCN(C)C4)c3)c(Cl)c2)c1. The molecular weight excluding hydrogens is 515 g/mol. The van der Waals surface area contributed by atoms with E-state index in [-0.39, 0.29) is 16.0 Å². The molecule has 1 N–H and O–H groups in total. The van der Waals surface area contributed by atoms with Crippen LogP contribution >= 0.6 is 35.0 Å². The first-order valence-corrected chi connectivity index (χ1v) is 13.6. The van der Waals surface area contributed by atoms with Crippen LogP contribution in [0.3, 0.4) is 0 Å². The van der Waals surface area contributed by atoms with Gasteiger partial charge in [0.05, 0.1) is 22.8 Å². The summed E-state index contributed by atoms with van der Waals surface area (Å²) in [6.45, 7) is 1.74. The van der Waals surface area contributed by atoms with Crippen LogP contribution in [0.25, 0.3) is 0 Å². The highest BCUT2D eigenvalue weighted by Gasteiger charge is 2.23. The second-order valence-corrected chi connectivity index (χ2v) is 11.5. The first-order chi connectivity index (χ1) is 16.2. The Bertz CT molecular complexity index is 1290. The minimum atomic E-state index is -3.93. The molecule has 1 saturated heterocycles. The molecule has 1 atom stereocenters. The Balaban J connectivity index is 1.50. The van der Waals surface area contributed by atoms with Gasteiger partial charge < -0.3 is 14.4 Å². The van der Waals surface area contributed by atoms with Crippen molar-refractivity contribution >= 4 is 50.7 Å². The Kier molecular flexibility index (Phi) is 7.84. The summed E-state index contributed by atoms with van der Waals surface area (Å²) in [6.07, 6.45) is 0.900. The van der Waals surface area contributed by atoms with Crippen LogP contribution < -0.4 is 14.2 Å². The predicted octanol–water partition coefficient (Wildman–Crippen LogP) is 6.04.